The fourth-order valence-electron chi connectivity index (χ4n) is 0.418. The fourth-order valence-corrected chi connectivity index (χ4v) is 0.883. The largest absolute Gasteiger partial charge is 0.369 e. The van der Waals surface area contributed by atoms with Gasteiger partial charge in [-0.15, -0.1) is 11.8 Å². The van der Waals surface area contributed by atoms with Gasteiger partial charge in [-0.3, -0.25) is 0 Å². The molecule has 0 spiro atoms. The molecule has 10 heavy (non-hydrogen) atoms. The van der Waals surface area contributed by atoms with Crippen molar-refractivity contribution in [2.75, 3.05) is 12.5 Å². The van der Waals surface area contributed by atoms with Crippen LogP contribution in [0, 0.1) is 0 Å². The maximum absolute atomic E-state index is 5.48. The first-order valence-electron chi connectivity index (χ1n) is 3.58. The van der Waals surface area contributed by atoms with Crippen molar-refractivity contribution < 1.29 is 4.74 Å². The van der Waals surface area contributed by atoms with E-state index in [0.717, 1.165) is 5.94 Å². The van der Waals surface area contributed by atoms with Gasteiger partial charge >= 0.3 is 0 Å². The van der Waals surface area contributed by atoms with Crippen molar-refractivity contribution in [1.29, 1.82) is 0 Å². The van der Waals surface area contributed by atoms with E-state index in [1.807, 2.05) is 6.92 Å². The van der Waals surface area contributed by atoms with E-state index in [2.05, 4.69) is 13.8 Å². The molecule has 0 aromatic carbocycles. The zero-order valence-corrected chi connectivity index (χ0v) is 7.78. The van der Waals surface area contributed by atoms with Crippen LogP contribution in [0.15, 0.2) is 0 Å². The summed E-state index contributed by atoms with van der Waals surface area (Å²) in [5, 5.41) is 0.646. The van der Waals surface area contributed by atoms with Crippen molar-refractivity contribution in [2.45, 2.75) is 32.1 Å². The fraction of sp³-hybridized carbons (Fsp3) is 1.00. The molecule has 0 aliphatic carbocycles. The monoisotopic (exact) mass is 163 g/mol. The molecule has 62 valence electrons. The minimum absolute atomic E-state index is 0.160. The number of hydrogen-bond acceptors (Lipinski definition) is 3. The zero-order chi connectivity index (χ0) is 7.98. The Kier molecular flexibility index (Phi) is 6.17. The molecular weight excluding hydrogens is 146 g/mol. The first-order valence-corrected chi connectivity index (χ1v) is 4.62. The average molecular weight is 163 g/mol. The number of rotatable bonds is 5. The molecule has 0 saturated carbocycles. The summed E-state index contributed by atoms with van der Waals surface area (Å²) in [6, 6.07) is 0.160. The molecule has 0 aliphatic heterocycles. The SMILES string of the molecule is CC(N)COCSC(C)C. The predicted octanol–water partition coefficient (Wildman–Crippen LogP) is 1.45. The molecule has 0 aromatic heterocycles. The summed E-state index contributed by atoms with van der Waals surface area (Å²) in [4.78, 5) is 0. The Morgan fingerprint density at radius 1 is 1.40 bits per heavy atom. The molecular formula is C7H17NOS. The number of nitrogens with two attached hydrogens (primary N) is 1. The third-order valence-electron chi connectivity index (χ3n) is 0.865. The van der Waals surface area contributed by atoms with Gasteiger partial charge in [-0.2, -0.15) is 0 Å². The molecule has 0 rings (SSSR count). The number of hydrogen-bond donors (Lipinski definition) is 1. The van der Waals surface area contributed by atoms with E-state index in [0.29, 0.717) is 11.9 Å². The lowest BCUT2D eigenvalue weighted by molar-refractivity contribution is 0.170. The first-order chi connectivity index (χ1) is 4.63. The van der Waals surface area contributed by atoms with Crippen LogP contribution in [0.5, 0.6) is 0 Å². The Bertz CT molecular complexity index is 66.0. The van der Waals surface area contributed by atoms with Gasteiger partial charge in [0.2, 0.25) is 0 Å². The summed E-state index contributed by atoms with van der Waals surface area (Å²) in [5.41, 5.74) is 5.48. The predicted molar refractivity (Wildman–Crippen MR) is 47.2 cm³/mol. The highest BCUT2D eigenvalue weighted by Gasteiger charge is 1.95. The van der Waals surface area contributed by atoms with Gasteiger partial charge < -0.3 is 10.5 Å². The van der Waals surface area contributed by atoms with E-state index < -0.39 is 0 Å². The van der Waals surface area contributed by atoms with E-state index in [1.165, 1.54) is 0 Å². The third kappa shape index (κ3) is 8.27. The Morgan fingerprint density at radius 2 is 2.00 bits per heavy atom. The van der Waals surface area contributed by atoms with Gasteiger partial charge in [-0.25, -0.2) is 0 Å². The second-order valence-corrected chi connectivity index (χ2v) is 4.19. The summed E-state index contributed by atoms with van der Waals surface area (Å²) in [5.74, 6) is 0.763. The van der Waals surface area contributed by atoms with Gasteiger partial charge in [0.1, 0.15) is 0 Å². The standard InChI is InChI=1S/C7H17NOS/c1-6(2)10-5-9-4-7(3)8/h6-7H,4-5,8H2,1-3H3. The van der Waals surface area contributed by atoms with Crippen molar-refractivity contribution in [2.24, 2.45) is 5.73 Å². The normalized spacial score (nSPS) is 14.1. The Balaban J connectivity index is 2.91. The van der Waals surface area contributed by atoms with E-state index >= 15 is 0 Å². The average Bonchev–Trinajstić information content (AvgIpc) is 1.79. The molecule has 0 amide bonds. The molecule has 0 saturated heterocycles. The van der Waals surface area contributed by atoms with Crippen LogP contribution < -0.4 is 5.73 Å². The van der Waals surface area contributed by atoms with E-state index in [-0.39, 0.29) is 6.04 Å². The second-order valence-electron chi connectivity index (χ2n) is 2.68. The molecule has 0 heterocycles. The van der Waals surface area contributed by atoms with Crippen LogP contribution in [-0.4, -0.2) is 23.8 Å². The lowest BCUT2D eigenvalue weighted by Crippen LogP contribution is -2.21. The molecule has 1 atom stereocenters. The van der Waals surface area contributed by atoms with Crippen LogP contribution >= 0.6 is 11.8 Å². The minimum Gasteiger partial charge on any atom is -0.369 e. The van der Waals surface area contributed by atoms with Crippen LogP contribution in [0.4, 0.5) is 0 Å². The molecule has 2 N–H and O–H groups in total. The van der Waals surface area contributed by atoms with Gasteiger partial charge in [0.15, 0.2) is 0 Å². The molecule has 3 heteroatoms. The van der Waals surface area contributed by atoms with Gasteiger partial charge in [-0.05, 0) is 6.92 Å². The van der Waals surface area contributed by atoms with Crippen LogP contribution in [0.2, 0.25) is 0 Å². The van der Waals surface area contributed by atoms with Crippen molar-refractivity contribution in [1.82, 2.24) is 0 Å². The topological polar surface area (TPSA) is 35.2 Å². The first kappa shape index (κ1) is 10.3. The molecule has 2 nitrogen and oxygen atoms in total. The van der Waals surface area contributed by atoms with Crippen molar-refractivity contribution in [3.8, 4) is 0 Å². The number of ether oxygens (including phenoxy) is 1. The van der Waals surface area contributed by atoms with Gasteiger partial charge in [0.25, 0.3) is 0 Å². The van der Waals surface area contributed by atoms with Gasteiger partial charge in [-0.1, -0.05) is 13.8 Å². The maximum Gasteiger partial charge on any atom is 0.0924 e. The van der Waals surface area contributed by atoms with Crippen molar-refractivity contribution in [3.63, 3.8) is 0 Å². The summed E-state index contributed by atoms with van der Waals surface area (Å²) in [6.07, 6.45) is 0. The molecule has 0 bridgehead atoms. The summed E-state index contributed by atoms with van der Waals surface area (Å²) in [6.45, 7) is 6.92. The van der Waals surface area contributed by atoms with Crippen LogP contribution in [0.1, 0.15) is 20.8 Å². The number of thioether (sulfide) groups is 1. The molecule has 0 radical (unpaired) electrons. The lowest BCUT2D eigenvalue weighted by Gasteiger charge is -2.07. The van der Waals surface area contributed by atoms with Crippen LogP contribution in [0.25, 0.3) is 0 Å². The third-order valence-corrected chi connectivity index (χ3v) is 1.83. The molecule has 0 fully saturated rings. The van der Waals surface area contributed by atoms with Crippen LogP contribution in [0.3, 0.4) is 0 Å². The highest BCUT2D eigenvalue weighted by atomic mass is 32.2. The molecule has 1 unspecified atom stereocenters. The quantitative estimate of drug-likeness (QED) is 0.492. The summed E-state index contributed by atoms with van der Waals surface area (Å²) >= 11 is 1.80. The highest BCUT2D eigenvalue weighted by Crippen LogP contribution is 2.08. The zero-order valence-electron chi connectivity index (χ0n) is 6.96. The van der Waals surface area contributed by atoms with Crippen LogP contribution in [-0.2, 0) is 4.74 Å². The highest BCUT2D eigenvalue weighted by molar-refractivity contribution is 7.99. The minimum atomic E-state index is 0.160. The Morgan fingerprint density at radius 3 is 2.40 bits per heavy atom. The van der Waals surface area contributed by atoms with E-state index in [9.17, 15) is 0 Å². The second kappa shape index (κ2) is 6.01. The van der Waals surface area contributed by atoms with Crippen molar-refractivity contribution in [3.05, 3.63) is 0 Å². The Hall–Kier alpha value is 0.270. The molecule has 0 aromatic rings. The smallest absolute Gasteiger partial charge is 0.0924 e. The lowest BCUT2D eigenvalue weighted by atomic mass is 10.4. The molecule has 0 aliphatic rings. The van der Waals surface area contributed by atoms with E-state index in [1.54, 1.807) is 11.8 Å². The summed E-state index contributed by atoms with van der Waals surface area (Å²) < 4.78 is 5.24. The van der Waals surface area contributed by atoms with E-state index in [4.69, 9.17) is 10.5 Å². The maximum atomic E-state index is 5.48. The van der Waals surface area contributed by atoms with Gasteiger partial charge in [0.05, 0.1) is 12.5 Å². The Labute approximate surface area is 67.5 Å². The van der Waals surface area contributed by atoms with Gasteiger partial charge in [0, 0.05) is 11.3 Å². The van der Waals surface area contributed by atoms with Crippen molar-refractivity contribution >= 4 is 11.8 Å². The summed E-state index contributed by atoms with van der Waals surface area (Å²) in [7, 11) is 0.